The molecule has 0 aliphatic rings. The highest BCUT2D eigenvalue weighted by Crippen LogP contribution is 2.17. The van der Waals surface area contributed by atoms with E-state index in [0.29, 0.717) is 18.3 Å². The summed E-state index contributed by atoms with van der Waals surface area (Å²) >= 11 is 0. The molecule has 1 heterocycles. The van der Waals surface area contributed by atoms with Gasteiger partial charge in [-0.15, -0.1) is 10.2 Å². The maximum absolute atomic E-state index is 9.24. The molecule has 1 unspecified atom stereocenters. The molecular weight excluding hydrogens is 242 g/mol. The van der Waals surface area contributed by atoms with E-state index in [0.717, 1.165) is 18.5 Å². The average Bonchev–Trinajstić information content (AvgIpc) is 2.86. The van der Waals surface area contributed by atoms with E-state index in [1.54, 1.807) is 6.92 Å². The summed E-state index contributed by atoms with van der Waals surface area (Å²) in [5.74, 6) is 1.13. The molecule has 1 N–H and O–H groups in total. The topological polar surface area (TPSA) is 62.4 Å². The lowest BCUT2D eigenvalue weighted by atomic mass is 10.2. The summed E-state index contributed by atoms with van der Waals surface area (Å²) in [6.45, 7) is 3.17. The van der Waals surface area contributed by atoms with Crippen molar-refractivity contribution in [2.24, 2.45) is 0 Å². The van der Waals surface area contributed by atoms with E-state index in [2.05, 4.69) is 15.1 Å². The van der Waals surface area contributed by atoms with Gasteiger partial charge >= 0.3 is 0 Å². The first-order valence-corrected chi connectivity index (χ1v) is 6.39. The second-order valence-corrected chi connectivity index (χ2v) is 4.74. The first kappa shape index (κ1) is 13.7. The minimum atomic E-state index is -0.287. The summed E-state index contributed by atoms with van der Waals surface area (Å²) in [7, 11) is 1.97. The van der Waals surface area contributed by atoms with Crippen LogP contribution in [-0.4, -0.2) is 39.9 Å². The second-order valence-electron chi connectivity index (χ2n) is 4.74. The molecule has 0 aliphatic heterocycles. The molecular formula is C14H19N3O2. The van der Waals surface area contributed by atoms with Gasteiger partial charge in [-0.3, -0.25) is 4.90 Å². The van der Waals surface area contributed by atoms with E-state index in [4.69, 9.17) is 4.42 Å². The van der Waals surface area contributed by atoms with Gasteiger partial charge in [0.25, 0.3) is 0 Å². The fraction of sp³-hybridized carbons (Fsp3) is 0.429. The smallest absolute Gasteiger partial charge is 0.247 e. The van der Waals surface area contributed by atoms with Crippen LogP contribution in [0.25, 0.3) is 11.5 Å². The second kappa shape index (κ2) is 6.45. The minimum absolute atomic E-state index is 0.287. The van der Waals surface area contributed by atoms with Crippen molar-refractivity contribution in [3.8, 4) is 11.5 Å². The zero-order valence-corrected chi connectivity index (χ0v) is 11.3. The molecule has 2 aromatic rings. The largest absolute Gasteiger partial charge is 0.419 e. The summed E-state index contributed by atoms with van der Waals surface area (Å²) in [6, 6.07) is 9.70. The Balaban J connectivity index is 1.94. The molecule has 0 radical (unpaired) electrons. The monoisotopic (exact) mass is 261 g/mol. The van der Waals surface area contributed by atoms with Crippen LogP contribution in [0.1, 0.15) is 19.2 Å². The van der Waals surface area contributed by atoms with Crippen LogP contribution >= 0.6 is 0 Å². The van der Waals surface area contributed by atoms with E-state index in [9.17, 15) is 5.11 Å². The van der Waals surface area contributed by atoms with Gasteiger partial charge in [0, 0.05) is 12.1 Å². The highest BCUT2D eigenvalue weighted by atomic mass is 16.4. The lowest BCUT2D eigenvalue weighted by molar-refractivity contribution is 0.159. The van der Waals surface area contributed by atoms with Crippen LogP contribution < -0.4 is 0 Å². The van der Waals surface area contributed by atoms with Gasteiger partial charge in [-0.05, 0) is 32.5 Å². The van der Waals surface area contributed by atoms with Gasteiger partial charge in [-0.25, -0.2) is 0 Å². The molecule has 0 amide bonds. The highest BCUT2D eigenvalue weighted by molar-refractivity contribution is 5.51. The molecule has 102 valence electrons. The van der Waals surface area contributed by atoms with Crippen molar-refractivity contribution in [1.29, 1.82) is 0 Å². The Bertz CT molecular complexity index is 496. The first-order valence-electron chi connectivity index (χ1n) is 6.39. The molecule has 1 aromatic carbocycles. The number of aliphatic hydroxyl groups excluding tert-OH is 1. The number of aromatic nitrogens is 2. The summed E-state index contributed by atoms with van der Waals surface area (Å²) in [5, 5.41) is 17.3. The van der Waals surface area contributed by atoms with Gasteiger partial charge in [0.1, 0.15) is 0 Å². The van der Waals surface area contributed by atoms with Gasteiger partial charge in [0.05, 0.1) is 12.6 Å². The SMILES string of the molecule is CC(O)CCN(C)Cc1nnc(-c2ccccc2)o1. The van der Waals surface area contributed by atoms with Gasteiger partial charge in [-0.2, -0.15) is 0 Å². The van der Waals surface area contributed by atoms with Crippen molar-refractivity contribution >= 4 is 0 Å². The van der Waals surface area contributed by atoms with Gasteiger partial charge < -0.3 is 9.52 Å². The third-order valence-corrected chi connectivity index (χ3v) is 2.82. The fourth-order valence-electron chi connectivity index (χ4n) is 1.73. The zero-order valence-electron chi connectivity index (χ0n) is 11.3. The summed E-state index contributed by atoms with van der Waals surface area (Å²) in [5.41, 5.74) is 0.924. The van der Waals surface area contributed by atoms with Crippen LogP contribution in [-0.2, 0) is 6.54 Å². The average molecular weight is 261 g/mol. The van der Waals surface area contributed by atoms with Crippen LogP contribution in [0.3, 0.4) is 0 Å². The highest BCUT2D eigenvalue weighted by Gasteiger charge is 2.10. The Labute approximate surface area is 112 Å². The quantitative estimate of drug-likeness (QED) is 0.861. The Morgan fingerprint density at radius 1 is 1.26 bits per heavy atom. The standard InChI is InChI=1S/C14H19N3O2/c1-11(18)8-9-17(2)10-13-15-16-14(19-13)12-6-4-3-5-7-12/h3-7,11,18H,8-10H2,1-2H3. The lowest BCUT2D eigenvalue weighted by Gasteiger charge is -2.14. The Hall–Kier alpha value is -1.72. The maximum atomic E-state index is 9.24. The molecule has 0 saturated carbocycles. The third-order valence-electron chi connectivity index (χ3n) is 2.82. The number of rotatable bonds is 6. The Morgan fingerprint density at radius 3 is 2.68 bits per heavy atom. The number of aliphatic hydroxyl groups is 1. The molecule has 5 heteroatoms. The van der Waals surface area contributed by atoms with Crippen molar-refractivity contribution in [2.75, 3.05) is 13.6 Å². The van der Waals surface area contributed by atoms with Gasteiger partial charge in [-0.1, -0.05) is 18.2 Å². The number of hydrogen-bond acceptors (Lipinski definition) is 5. The van der Waals surface area contributed by atoms with E-state index < -0.39 is 0 Å². The van der Waals surface area contributed by atoms with Crippen molar-refractivity contribution in [2.45, 2.75) is 26.0 Å². The number of nitrogens with zero attached hydrogens (tertiary/aromatic N) is 3. The molecule has 5 nitrogen and oxygen atoms in total. The normalized spacial score (nSPS) is 12.8. The number of hydrogen-bond donors (Lipinski definition) is 1. The summed E-state index contributed by atoms with van der Waals surface area (Å²) in [4.78, 5) is 2.05. The zero-order chi connectivity index (χ0) is 13.7. The molecule has 1 atom stereocenters. The van der Waals surface area contributed by atoms with Crippen LogP contribution in [0.2, 0.25) is 0 Å². The van der Waals surface area contributed by atoms with Crippen LogP contribution in [0.15, 0.2) is 34.7 Å². The maximum Gasteiger partial charge on any atom is 0.247 e. The first-order chi connectivity index (χ1) is 9.15. The minimum Gasteiger partial charge on any atom is -0.419 e. The molecule has 0 spiro atoms. The molecule has 19 heavy (non-hydrogen) atoms. The van der Waals surface area contributed by atoms with Gasteiger partial charge in [0.2, 0.25) is 11.8 Å². The summed E-state index contributed by atoms with van der Waals surface area (Å²) in [6.07, 6.45) is 0.445. The van der Waals surface area contributed by atoms with E-state index in [1.807, 2.05) is 37.4 Å². The van der Waals surface area contributed by atoms with Crippen molar-refractivity contribution in [1.82, 2.24) is 15.1 Å². The molecule has 1 aromatic heterocycles. The van der Waals surface area contributed by atoms with Gasteiger partial charge in [0.15, 0.2) is 0 Å². The predicted octanol–water partition coefficient (Wildman–Crippen LogP) is 1.94. The number of benzene rings is 1. The van der Waals surface area contributed by atoms with Crippen molar-refractivity contribution in [3.05, 3.63) is 36.2 Å². The third kappa shape index (κ3) is 4.15. The van der Waals surface area contributed by atoms with Crippen LogP contribution in [0.4, 0.5) is 0 Å². The van der Waals surface area contributed by atoms with Crippen LogP contribution in [0, 0.1) is 0 Å². The summed E-state index contributed by atoms with van der Waals surface area (Å²) < 4.78 is 5.62. The Kier molecular flexibility index (Phi) is 4.65. The lowest BCUT2D eigenvalue weighted by Crippen LogP contribution is -2.22. The van der Waals surface area contributed by atoms with E-state index in [1.165, 1.54) is 0 Å². The van der Waals surface area contributed by atoms with Crippen molar-refractivity contribution in [3.63, 3.8) is 0 Å². The van der Waals surface area contributed by atoms with Crippen LogP contribution in [0.5, 0.6) is 0 Å². The van der Waals surface area contributed by atoms with E-state index in [-0.39, 0.29) is 6.10 Å². The molecule has 0 bridgehead atoms. The Morgan fingerprint density at radius 2 is 2.00 bits per heavy atom. The molecule has 2 rings (SSSR count). The molecule has 0 fully saturated rings. The molecule has 0 saturated heterocycles. The van der Waals surface area contributed by atoms with Crippen molar-refractivity contribution < 1.29 is 9.52 Å². The van der Waals surface area contributed by atoms with E-state index >= 15 is 0 Å². The predicted molar refractivity (Wildman–Crippen MR) is 72.4 cm³/mol. The molecule has 0 aliphatic carbocycles. The fourth-order valence-corrected chi connectivity index (χ4v) is 1.73.